The van der Waals surface area contributed by atoms with Gasteiger partial charge in [0.25, 0.3) is 0 Å². The van der Waals surface area contributed by atoms with Gasteiger partial charge in [0.2, 0.25) is 0 Å². The van der Waals surface area contributed by atoms with Crippen molar-refractivity contribution >= 4 is 24.2 Å². The molecule has 4 heteroatoms. The van der Waals surface area contributed by atoms with E-state index in [1.165, 1.54) is 93.7 Å². The molecule has 2 nitrogen and oxygen atoms in total. The summed E-state index contributed by atoms with van der Waals surface area (Å²) < 4.78 is 16.2. The lowest BCUT2D eigenvalue weighted by Gasteiger charge is -2.67. The Bertz CT molecular complexity index is 1290. The van der Waals surface area contributed by atoms with E-state index in [9.17, 15) is 4.21 Å². The van der Waals surface area contributed by atoms with Crippen LogP contribution in [0.25, 0.3) is 0 Å². The minimum Gasteiger partial charge on any atom is -0.242 e. The van der Waals surface area contributed by atoms with E-state index in [1.807, 2.05) is 0 Å². The molecule has 0 saturated heterocycles. The fourth-order valence-corrected chi connectivity index (χ4v) is 19.2. The largest absolute Gasteiger partial charge is 0.242 e. The van der Waals surface area contributed by atoms with E-state index < -0.39 is 11.0 Å². The summed E-state index contributed by atoms with van der Waals surface area (Å²) in [5, 5.41) is 2.75. The molecule has 8 aliphatic carbocycles. The second kappa shape index (κ2) is 10.5. The van der Waals surface area contributed by atoms with Crippen LogP contribution in [-0.2, 0) is 11.0 Å². The molecule has 0 amide bonds. The lowest BCUT2D eigenvalue weighted by molar-refractivity contribution is 0.0195. The highest BCUT2D eigenvalue weighted by Gasteiger charge is 2.63. The van der Waals surface area contributed by atoms with E-state index in [-0.39, 0.29) is 18.7 Å². The van der Waals surface area contributed by atoms with Crippen LogP contribution >= 0.6 is 7.92 Å². The zero-order valence-corrected chi connectivity index (χ0v) is 29.1. The maximum absolute atomic E-state index is 14.2. The summed E-state index contributed by atoms with van der Waals surface area (Å²) in [5.74, 6) is 5.84. The Morgan fingerprint density at radius 1 is 0.698 bits per heavy atom. The summed E-state index contributed by atoms with van der Waals surface area (Å²) in [5.41, 5.74) is 4.13. The van der Waals surface area contributed by atoms with Crippen molar-refractivity contribution in [3.63, 3.8) is 0 Å². The SMILES string of the molecule is Cc1ccccc1C(c1ccccc1P(C12CC3CC(CC(C3)C1)C2)C12CC3CC(CC(C3)C1)C2)N(C)S(=O)C(C)(C)C. The van der Waals surface area contributed by atoms with Gasteiger partial charge in [-0.2, -0.15) is 0 Å². The first-order chi connectivity index (χ1) is 20.5. The summed E-state index contributed by atoms with van der Waals surface area (Å²) in [6.07, 6.45) is 18.1. The third-order valence-electron chi connectivity index (χ3n) is 13.1. The van der Waals surface area contributed by atoms with Crippen molar-refractivity contribution in [3.8, 4) is 0 Å². The highest BCUT2D eigenvalue weighted by molar-refractivity contribution is 7.84. The molecule has 2 unspecified atom stereocenters. The summed E-state index contributed by atoms with van der Waals surface area (Å²) in [7, 11) is 0.668. The predicted molar refractivity (Wildman–Crippen MR) is 183 cm³/mol. The molecular weight excluding hydrogens is 561 g/mol. The van der Waals surface area contributed by atoms with Crippen LogP contribution in [0.2, 0.25) is 0 Å². The second-order valence-electron chi connectivity index (χ2n) is 17.3. The first-order valence-electron chi connectivity index (χ1n) is 17.6. The van der Waals surface area contributed by atoms with Crippen molar-refractivity contribution in [3.05, 3.63) is 65.2 Å². The van der Waals surface area contributed by atoms with Crippen LogP contribution in [0.1, 0.15) is 121 Å². The number of rotatable bonds is 7. The molecule has 0 N–H and O–H groups in total. The normalized spacial score (nSPS) is 39.8. The summed E-state index contributed by atoms with van der Waals surface area (Å²) in [6, 6.07) is 18.7. The standard InChI is InChI=1S/C39H54NOPS/c1-26-10-6-7-11-33(26)36(40(5)43(41)37(2,3)4)34-12-8-9-13-35(34)42(38-20-27-14-28(21-38)16-29(15-27)22-38)39-23-30-17-31(24-39)19-32(18-30)25-39/h6-13,27-32,36H,14-25H2,1-5H3. The van der Waals surface area contributed by atoms with Crippen LogP contribution in [0, 0.1) is 42.4 Å². The van der Waals surface area contributed by atoms with E-state index in [0.29, 0.717) is 10.3 Å². The number of aryl methyl sites for hydroxylation is 1. The van der Waals surface area contributed by atoms with Crippen LogP contribution in [0.15, 0.2) is 48.5 Å². The third-order valence-corrected chi connectivity index (χ3v) is 18.7. The highest BCUT2D eigenvalue weighted by Crippen LogP contribution is 2.78. The summed E-state index contributed by atoms with van der Waals surface area (Å²) in [4.78, 5) is 0. The van der Waals surface area contributed by atoms with Gasteiger partial charge in [0.1, 0.15) is 11.0 Å². The van der Waals surface area contributed by atoms with Crippen molar-refractivity contribution in [2.45, 2.75) is 126 Å². The van der Waals surface area contributed by atoms with Gasteiger partial charge in [0.05, 0.1) is 10.8 Å². The molecule has 0 aliphatic heterocycles. The Labute approximate surface area is 265 Å². The summed E-state index contributed by atoms with van der Waals surface area (Å²) in [6.45, 7) is 8.67. The first kappa shape index (κ1) is 29.4. The molecule has 8 saturated carbocycles. The van der Waals surface area contributed by atoms with Crippen molar-refractivity contribution in [1.82, 2.24) is 4.31 Å². The Kier molecular flexibility index (Phi) is 7.18. The molecule has 0 heterocycles. The number of nitrogens with zero attached hydrogens (tertiary/aromatic N) is 1. The van der Waals surface area contributed by atoms with Crippen LogP contribution in [-0.4, -0.2) is 30.6 Å². The van der Waals surface area contributed by atoms with Crippen molar-refractivity contribution in [2.24, 2.45) is 35.5 Å². The number of hydrogen-bond donors (Lipinski definition) is 0. The maximum atomic E-state index is 14.2. The molecule has 8 aliphatic rings. The van der Waals surface area contributed by atoms with Crippen molar-refractivity contribution < 1.29 is 4.21 Å². The molecule has 8 fully saturated rings. The second-order valence-corrected chi connectivity index (χ2v) is 22.7. The molecule has 8 bridgehead atoms. The molecule has 2 atom stereocenters. The van der Waals surface area contributed by atoms with Gasteiger partial charge in [-0.25, -0.2) is 8.51 Å². The highest BCUT2D eigenvalue weighted by atomic mass is 32.2. The van der Waals surface area contributed by atoms with Gasteiger partial charge in [-0.1, -0.05) is 56.5 Å². The van der Waals surface area contributed by atoms with Crippen LogP contribution in [0.3, 0.4) is 0 Å². The van der Waals surface area contributed by atoms with Gasteiger partial charge in [0, 0.05) is 7.05 Å². The van der Waals surface area contributed by atoms with Crippen molar-refractivity contribution in [2.75, 3.05) is 7.05 Å². The molecule has 0 radical (unpaired) electrons. The number of benzene rings is 2. The van der Waals surface area contributed by atoms with Gasteiger partial charge >= 0.3 is 0 Å². The van der Waals surface area contributed by atoms with E-state index >= 15 is 0 Å². The average Bonchev–Trinajstić information content (AvgIpc) is 2.92. The van der Waals surface area contributed by atoms with Gasteiger partial charge in [-0.15, -0.1) is 0 Å². The van der Waals surface area contributed by atoms with E-state index in [2.05, 4.69) is 87.6 Å². The smallest absolute Gasteiger partial charge is 0.100 e. The molecule has 0 spiro atoms. The monoisotopic (exact) mass is 615 g/mol. The zero-order chi connectivity index (χ0) is 29.7. The average molecular weight is 616 g/mol. The Morgan fingerprint density at radius 2 is 1.09 bits per heavy atom. The Balaban J connectivity index is 1.33. The fraction of sp³-hybridized carbons (Fsp3) is 0.692. The lowest BCUT2D eigenvalue weighted by atomic mass is 9.55. The predicted octanol–water partition coefficient (Wildman–Crippen LogP) is 9.52. The van der Waals surface area contributed by atoms with Gasteiger partial charge in [-0.05, 0) is 173 Å². The molecule has 2 aromatic rings. The lowest BCUT2D eigenvalue weighted by Crippen LogP contribution is -2.58. The van der Waals surface area contributed by atoms with Crippen LogP contribution in [0.5, 0.6) is 0 Å². The minimum atomic E-state index is -1.12. The van der Waals surface area contributed by atoms with Crippen molar-refractivity contribution in [1.29, 1.82) is 0 Å². The first-order valence-corrected chi connectivity index (χ1v) is 20.1. The molecule has 10 rings (SSSR count). The van der Waals surface area contributed by atoms with Gasteiger partial charge in [-0.3, -0.25) is 0 Å². The fourth-order valence-electron chi connectivity index (χ4n) is 12.6. The molecular formula is C39H54NOPS. The molecule has 43 heavy (non-hydrogen) atoms. The van der Waals surface area contributed by atoms with E-state index in [0.717, 1.165) is 35.5 Å². The molecule has 232 valence electrons. The number of hydrogen-bond acceptors (Lipinski definition) is 1. The summed E-state index contributed by atoms with van der Waals surface area (Å²) >= 11 is 0. The van der Waals surface area contributed by atoms with Crippen LogP contribution in [0.4, 0.5) is 0 Å². The molecule has 2 aromatic carbocycles. The minimum absolute atomic E-state index is 0.00489. The molecule has 0 aromatic heterocycles. The zero-order valence-electron chi connectivity index (χ0n) is 27.4. The van der Waals surface area contributed by atoms with E-state index in [1.54, 1.807) is 5.30 Å². The Morgan fingerprint density at radius 3 is 1.51 bits per heavy atom. The van der Waals surface area contributed by atoms with Crippen LogP contribution < -0.4 is 5.30 Å². The van der Waals surface area contributed by atoms with Gasteiger partial charge in [0.15, 0.2) is 0 Å². The maximum Gasteiger partial charge on any atom is 0.100 e. The third kappa shape index (κ3) is 4.88. The Hall–Kier alpha value is -1.02. The van der Waals surface area contributed by atoms with E-state index in [4.69, 9.17) is 0 Å². The van der Waals surface area contributed by atoms with Gasteiger partial charge < -0.3 is 0 Å². The topological polar surface area (TPSA) is 20.3 Å². The quantitative estimate of drug-likeness (QED) is 0.284.